The van der Waals surface area contributed by atoms with Gasteiger partial charge in [-0.25, -0.2) is 5.84 Å². The van der Waals surface area contributed by atoms with Gasteiger partial charge in [-0.1, -0.05) is 0 Å². The van der Waals surface area contributed by atoms with Crippen molar-refractivity contribution >= 4 is 5.91 Å². The Hall–Kier alpha value is -1.37. The summed E-state index contributed by atoms with van der Waals surface area (Å²) < 4.78 is 5.41. The van der Waals surface area contributed by atoms with E-state index in [9.17, 15) is 4.79 Å². The summed E-state index contributed by atoms with van der Waals surface area (Å²) in [6.07, 6.45) is 1.44. The molecule has 1 aromatic rings. The maximum Gasteiger partial charge on any atom is 0.268 e. The lowest BCUT2D eigenvalue weighted by atomic mass is 10.00. The van der Waals surface area contributed by atoms with Crippen LogP contribution in [0.2, 0.25) is 0 Å². The molecule has 3 N–H and O–H groups in total. The average molecular weight is 266 g/mol. The van der Waals surface area contributed by atoms with Crippen molar-refractivity contribution < 1.29 is 9.21 Å². The minimum atomic E-state index is -0.325. The summed E-state index contributed by atoms with van der Waals surface area (Å²) in [7, 11) is 2.15. The molecule has 1 amide bonds. The molecule has 1 aliphatic heterocycles. The summed E-state index contributed by atoms with van der Waals surface area (Å²) in [6, 6.07) is 1.74. The molecule has 1 saturated heterocycles. The third-order valence-electron chi connectivity index (χ3n) is 3.82. The van der Waals surface area contributed by atoms with E-state index in [2.05, 4.69) is 36.1 Å². The molecule has 0 atom stereocenters. The number of hydrogen-bond acceptors (Lipinski definition) is 5. The van der Waals surface area contributed by atoms with Crippen LogP contribution in [0.25, 0.3) is 0 Å². The van der Waals surface area contributed by atoms with Crippen LogP contribution in [0, 0.1) is 0 Å². The number of nitrogens with two attached hydrogens (primary N) is 1. The Morgan fingerprint density at radius 3 is 2.89 bits per heavy atom. The molecule has 1 fully saturated rings. The van der Waals surface area contributed by atoms with E-state index in [0.717, 1.165) is 31.9 Å². The SMILES string of the molecule is CN1CCN(Cc2cc(C(=O)NN)co2)CC1(C)C. The smallest absolute Gasteiger partial charge is 0.268 e. The fourth-order valence-corrected chi connectivity index (χ4v) is 2.36. The zero-order valence-electron chi connectivity index (χ0n) is 11.8. The Bertz CT molecular complexity index is 455. The van der Waals surface area contributed by atoms with Gasteiger partial charge in [0, 0.05) is 25.2 Å². The molecule has 0 spiro atoms. The van der Waals surface area contributed by atoms with Crippen LogP contribution in [0.15, 0.2) is 16.7 Å². The number of carbonyl (C=O) groups excluding carboxylic acids is 1. The second-order valence-electron chi connectivity index (χ2n) is 5.72. The van der Waals surface area contributed by atoms with E-state index in [0.29, 0.717) is 5.56 Å². The number of rotatable bonds is 3. The third kappa shape index (κ3) is 3.15. The van der Waals surface area contributed by atoms with Crippen molar-refractivity contribution in [2.24, 2.45) is 5.84 Å². The molecule has 19 heavy (non-hydrogen) atoms. The topological polar surface area (TPSA) is 74.7 Å². The average Bonchev–Trinajstić information content (AvgIpc) is 2.81. The first-order valence-electron chi connectivity index (χ1n) is 6.44. The summed E-state index contributed by atoms with van der Waals surface area (Å²) in [5.41, 5.74) is 2.72. The van der Waals surface area contributed by atoms with Crippen molar-refractivity contribution in [3.63, 3.8) is 0 Å². The maximum absolute atomic E-state index is 11.3. The van der Waals surface area contributed by atoms with Crippen LogP contribution in [0.1, 0.15) is 30.0 Å². The molecule has 0 aromatic carbocycles. The van der Waals surface area contributed by atoms with Crippen molar-refractivity contribution in [3.8, 4) is 0 Å². The molecule has 0 aliphatic carbocycles. The number of likely N-dealkylation sites (N-methyl/N-ethyl adjacent to an activating group) is 1. The lowest BCUT2D eigenvalue weighted by molar-refractivity contribution is 0.0328. The van der Waals surface area contributed by atoms with Crippen LogP contribution in [0.5, 0.6) is 0 Å². The van der Waals surface area contributed by atoms with Gasteiger partial charge in [0.05, 0.1) is 12.1 Å². The molecule has 0 unspecified atom stereocenters. The summed E-state index contributed by atoms with van der Waals surface area (Å²) in [5, 5.41) is 0. The van der Waals surface area contributed by atoms with Crippen LogP contribution >= 0.6 is 0 Å². The fourth-order valence-electron chi connectivity index (χ4n) is 2.36. The highest BCUT2D eigenvalue weighted by Gasteiger charge is 2.31. The van der Waals surface area contributed by atoms with Crippen LogP contribution < -0.4 is 11.3 Å². The molecule has 1 aliphatic rings. The predicted molar refractivity (Wildman–Crippen MR) is 72.3 cm³/mol. The zero-order valence-corrected chi connectivity index (χ0v) is 11.8. The van der Waals surface area contributed by atoms with Crippen LogP contribution in [-0.2, 0) is 6.54 Å². The number of nitrogens with zero attached hydrogens (tertiary/aromatic N) is 2. The van der Waals surface area contributed by atoms with E-state index in [1.54, 1.807) is 6.07 Å². The van der Waals surface area contributed by atoms with E-state index < -0.39 is 0 Å². The standard InChI is InChI=1S/C13H22N4O2/c1-13(2)9-17(5-4-16(13)3)7-11-6-10(8-19-11)12(18)15-14/h6,8H,4-5,7,9,14H2,1-3H3,(H,15,18). The van der Waals surface area contributed by atoms with Crippen LogP contribution in [0.4, 0.5) is 0 Å². The predicted octanol–water partition coefficient (Wildman–Crippen LogP) is 0.409. The molecular formula is C13H22N4O2. The first-order chi connectivity index (χ1) is 8.92. The van der Waals surface area contributed by atoms with Gasteiger partial charge in [-0.05, 0) is 27.0 Å². The Morgan fingerprint density at radius 2 is 2.26 bits per heavy atom. The maximum atomic E-state index is 11.3. The number of amides is 1. The lowest BCUT2D eigenvalue weighted by Crippen LogP contribution is -2.57. The molecule has 0 saturated carbocycles. The lowest BCUT2D eigenvalue weighted by Gasteiger charge is -2.45. The van der Waals surface area contributed by atoms with E-state index in [4.69, 9.17) is 10.3 Å². The third-order valence-corrected chi connectivity index (χ3v) is 3.82. The van der Waals surface area contributed by atoms with E-state index in [1.165, 1.54) is 6.26 Å². The molecule has 0 bridgehead atoms. The normalized spacial score (nSPS) is 20.4. The number of nitrogen functional groups attached to an aromatic ring is 1. The van der Waals surface area contributed by atoms with Crippen molar-refractivity contribution in [1.82, 2.24) is 15.2 Å². The summed E-state index contributed by atoms with van der Waals surface area (Å²) in [6.45, 7) is 8.18. The van der Waals surface area contributed by atoms with Gasteiger partial charge in [0.2, 0.25) is 0 Å². The number of carbonyl (C=O) groups is 1. The minimum Gasteiger partial charge on any atom is -0.467 e. The molecule has 106 valence electrons. The quantitative estimate of drug-likeness (QED) is 0.471. The molecule has 0 radical (unpaired) electrons. The molecular weight excluding hydrogens is 244 g/mol. The molecule has 6 heteroatoms. The summed E-state index contributed by atoms with van der Waals surface area (Å²) in [5.74, 6) is 5.56. The van der Waals surface area contributed by atoms with E-state index in [1.807, 2.05) is 0 Å². The number of nitrogens with one attached hydrogen (secondary N) is 1. The summed E-state index contributed by atoms with van der Waals surface area (Å²) in [4.78, 5) is 16.0. The Balaban J connectivity index is 1.98. The molecule has 1 aromatic heterocycles. The van der Waals surface area contributed by atoms with Crippen molar-refractivity contribution in [2.75, 3.05) is 26.7 Å². The summed E-state index contributed by atoms with van der Waals surface area (Å²) >= 11 is 0. The van der Waals surface area contributed by atoms with Gasteiger partial charge in [-0.3, -0.25) is 20.0 Å². The van der Waals surface area contributed by atoms with Gasteiger partial charge in [-0.2, -0.15) is 0 Å². The van der Waals surface area contributed by atoms with Gasteiger partial charge in [0.25, 0.3) is 5.91 Å². The van der Waals surface area contributed by atoms with Gasteiger partial charge in [0.15, 0.2) is 0 Å². The van der Waals surface area contributed by atoms with Crippen LogP contribution in [0.3, 0.4) is 0 Å². The van der Waals surface area contributed by atoms with Crippen molar-refractivity contribution in [3.05, 3.63) is 23.7 Å². The Morgan fingerprint density at radius 1 is 1.53 bits per heavy atom. The van der Waals surface area contributed by atoms with Crippen LogP contribution in [-0.4, -0.2) is 47.9 Å². The fraction of sp³-hybridized carbons (Fsp3) is 0.615. The second-order valence-corrected chi connectivity index (χ2v) is 5.72. The molecule has 2 heterocycles. The monoisotopic (exact) mass is 266 g/mol. The van der Waals surface area contributed by atoms with Crippen molar-refractivity contribution in [1.29, 1.82) is 0 Å². The number of hydrogen-bond donors (Lipinski definition) is 2. The highest BCUT2D eigenvalue weighted by Crippen LogP contribution is 2.21. The van der Waals surface area contributed by atoms with Gasteiger partial charge in [-0.15, -0.1) is 0 Å². The zero-order chi connectivity index (χ0) is 14.0. The molecule has 2 rings (SSSR count). The number of piperazine rings is 1. The van der Waals surface area contributed by atoms with Gasteiger partial charge in [0.1, 0.15) is 12.0 Å². The Kier molecular flexibility index (Phi) is 3.93. The largest absolute Gasteiger partial charge is 0.467 e. The Labute approximate surface area is 113 Å². The first-order valence-corrected chi connectivity index (χ1v) is 6.44. The second kappa shape index (κ2) is 5.32. The van der Waals surface area contributed by atoms with Crippen molar-refractivity contribution in [2.45, 2.75) is 25.9 Å². The highest BCUT2D eigenvalue weighted by molar-refractivity contribution is 5.93. The minimum absolute atomic E-state index is 0.155. The first kappa shape index (κ1) is 14.0. The van der Waals surface area contributed by atoms with E-state index in [-0.39, 0.29) is 11.4 Å². The van der Waals surface area contributed by atoms with E-state index >= 15 is 0 Å². The molecule has 6 nitrogen and oxygen atoms in total. The highest BCUT2D eigenvalue weighted by atomic mass is 16.3. The van der Waals surface area contributed by atoms with Gasteiger partial charge >= 0.3 is 0 Å². The van der Waals surface area contributed by atoms with Gasteiger partial charge < -0.3 is 4.42 Å². The number of hydrazine groups is 1. The number of furan rings is 1.